The fourth-order valence-electron chi connectivity index (χ4n) is 1.28. The molecule has 0 unspecified atom stereocenters. The molecule has 13 heavy (non-hydrogen) atoms. The maximum atomic E-state index is 11.3. The van der Waals surface area contributed by atoms with Crippen molar-refractivity contribution < 1.29 is 4.79 Å². The lowest BCUT2D eigenvalue weighted by Crippen LogP contribution is -2.23. The van der Waals surface area contributed by atoms with E-state index in [0.29, 0.717) is 5.69 Å². The second-order valence-corrected chi connectivity index (χ2v) is 2.74. The average molecular weight is 177 g/mol. The number of ketones is 1. The predicted molar refractivity (Wildman–Crippen MR) is 47.3 cm³/mol. The summed E-state index contributed by atoms with van der Waals surface area (Å²) in [7, 11) is 0. The van der Waals surface area contributed by atoms with Crippen LogP contribution in [0, 0.1) is 0 Å². The summed E-state index contributed by atoms with van der Waals surface area (Å²) >= 11 is 0. The number of fused-ring (bicyclic) bond motifs is 1. The number of aromatic amines is 1. The summed E-state index contributed by atoms with van der Waals surface area (Å²) in [5.41, 5.74) is 5.32. The number of nitrogen functional groups attached to an aromatic ring is 1. The van der Waals surface area contributed by atoms with E-state index in [9.17, 15) is 9.59 Å². The molecule has 3 N–H and O–H groups in total. The molecule has 1 aliphatic carbocycles. The van der Waals surface area contributed by atoms with Crippen LogP contribution in [0.15, 0.2) is 10.9 Å². The summed E-state index contributed by atoms with van der Waals surface area (Å²) in [6.45, 7) is 0. The lowest BCUT2D eigenvalue weighted by molar-refractivity contribution is 0.0992. The molecule has 0 atom stereocenters. The number of hydrogen-bond acceptors (Lipinski definition) is 4. The number of nitrogens with one attached hydrogen (secondary N) is 1. The Bertz CT molecular complexity index is 459. The first-order valence-electron chi connectivity index (χ1n) is 3.78. The van der Waals surface area contributed by atoms with E-state index in [2.05, 4.69) is 9.97 Å². The molecule has 5 heteroatoms. The summed E-state index contributed by atoms with van der Waals surface area (Å²) in [4.78, 5) is 28.7. The molecular formula is C8H7N3O2. The molecule has 1 aromatic rings. The van der Waals surface area contributed by atoms with Crippen LogP contribution in [0.3, 0.4) is 0 Å². The van der Waals surface area contributed by atoms with E-state index < -0.39 is 5.56 Å². The van der Waals surface area contributed by atoms with Crippen molar-refractivity contribution in [3.63, 3.8) is 0 Å². The molecule has 0 amide bonds. The molecule has 0 aliphatic heterocycles. The molecule has 1 aromatic heterocycles. The zero-order chi connectivity index (χ0) is 9.42. The Morgan fingerprint density at radius 2 is 2.23 bits per heavy atom. The van der Waals surface area contributed by atoms with Crippen LogP contribution in [-0.2, 0) is 0 Å². The van der Waals surface area contributed by atoms with Gasteiger partial charge in [0.2, 0.25) is 5.95 Å². The average Bonchev–Trinajstić information content (AvgIpc) is 2.02. The molecule has 0 saturated carbocycles. The number of hydrogen-bond donors (Lipinski definition) is 2. The first-order chi connectivity index (χ1) is 6.18. The number of nitrogens with zero attached hydrogens (tertiary/aromatic N) is 1. The minimum absolute atomic E-state index is 0.0306. The summed E-state index contributed by atoms with van der Waals surface area (Å²) < 4.78 is 0. The van der Waals surface area contributed by atoms with Gasteiger partial charge in [-0.1, -0.05) is 6.08 Å². The third-order valence-electron chi connectivity index (χ3n) is 1.82. The van der Waals surface area contributed by atoms with Gasteiger partial charge in [0.15, 0.2) is 5.78 Å². The lowest BCUT2D eigenvalue weighted by atomic mass is 10.0. The summed E-state index contributed by atoms with van der Waals surface area (Å²) in [6.07, 6.45) is 3.54. The minimum atomic E-state index is -0.461. The van der Waals surface area contributed by atoms with Gasteiger partial charge < -0.3 is 5.73 Å². The summed E-state index contributed by atoms with van der Waals surface area (Å²) in [6, 6.07) is 0. The number of nitrogens with two attached hydrogens (primary N) is 1. The maximum absolute atomic E-state index is 11.3. The smallest absolute Gasteiger partial charge is 0.263 e. The summed E-state index contributed by atoms with van der Waals surface area (Å²) in [5.74, 6) is -0.186. The van der Waals surface area contributed by atoms with Crippen LogP contribution in [0.5, 0.6) is 0 Å². The Morgan fingerprint density at radius 3 is 3.00 bits per heavy atom. The Hall–Kier alpha value is -1.91. The third kappa shape index (κ3) is 1.14. The van der Waals surface area contributed by atoms with Crippen molar-refractivity contribution >= 4 is 17.8 Å². The molecule has 0 aromatic carbocycles. The highest BCUT2D eigenvalue weighted by Gasteiger charge is 2.18. The number of carbonyl (C=O) groups excluding carboxylic acids is 1. The minimum Gasteiger partial charge on any atom is -0.369 e. The topological polar surface area (TPSA) is 88.8 Å². The van der Waals surface area contributed by atoms with E-state index in [1.807, 2.05) is 0 Å². The quantitative estimate of drug-likeness (QED) is 0.581. The highest BCUT2D eigenvalue weighted by Crippen LogP contribution is 2.13. The Morgan fingerprint density at radius 1 is 1.46 bits per heavy atom. The van der Waals surface area contributed by atoms with Crippen molar-refractivity contribution in [1.82, 2.24) is 9.97 Å². The van der Waals surface area contributed by atoms with Gasteiger partial charge in [-0.25, -0.2) is 4.98 Å². The van der Waals surface area contributed by atoms with Gasteiger partial charge in [0.05, 0.1) is 5.69 Å². The molecule has 0 fully saturated rings. The normalized spacial score (nSPS) is 14.3. The lowest BCUT2D eigenvalue weighted by Gasteiger charge is -2.06. The van der Waals surface area contributed by atoms with Gasteiger partial charge in [0.25, 0.3) is 5.56 Å². The van der Waals surface area contributed by atoms with Crippen molar-refractivity contribution in [2.24, 2.45) is 0 Å². The van der Waals surface area contributed by atoms with Gasteiger partial charge in [0.1, 0.15) is 5.56 Å². The fourth-order valence-corrected chi connectivity index (χ4v) is 1.28. The molecular weight excluding hydrogens is 170 g/mol. The number of Topliss-reactive ketones (excluding diaryl/α,β-unsaturated/α-hetero) is 1. The molecule has 0 spiro atoms. The third-order valence-corrected chi connectivity index (χ3v) is 1.82. The monoisotopic (exact) mass is 177 g/mol. The number of rotatable bonds is 0. The number of H-pyrrole nitrogens is 1. The van der Waals surface area contributed by atoms with Crippen LogP contribution in [0.4, 0.5) is 5.95 Å². The van der Waals surface area contributed by atoms with Crippen LogP contribution in [0.25, 0.3) is 6.08 Å². The number of allylic oxidation sites excluding steroid dienone is 1. The zero-order valence-electron chi connectivity index (χ0n) is 6.70. The van der Waals surface area contributed by atoms with Crippen molar-refractivity contribution in [3.05, 3.63) is 27.7 Å². The van der Waals surface area contributed by atoms with Gasteiger partial charge >= 0.3 is 0 Å². The van der Waals surface area contributed by atoms with Crippen LogP contribution < -0.4 is 11.3 Å². The maximum Gasteiger partial charge on any atom is 0.263 e. The van der Waals surface area contributed by atoms with E-state index in [0.717, 1.165) is 0 Å². The van der Waals surface area contributed by atoms with Crippen molar-refractivity contribution in [2.75, 3.05) is 5.73 Å². The van der Waals surface area contributed by atoms with E-state index in [1.54, 1.807) is 12.2 Å². The van der Waals surface area contributed by atoms with Gasteiger partial charge in [-0.2, -0.15) is 0 Å². The molecule has 1 heterocycles. The first-order valence-corrected chi connectivity index (χ1v) is 3.78. The van der Waals surface area contributed by atoms with Crippen LogP contribution in [0.2, 0.25) is 0 Å². The molecule has 1 aliphatic rings. The Labute approximate surface area is 73.3 Å². The van der Waals surface area contributed by atoms with Gasteiger partial charge in [-0.15, -0.1) is 0 Å². The highest BCUT2D eigenvalue weighted by molar-refractivity contribution is 6.01. The number of carbonyl (C=O) groups is 1. The zero-order valence-corrected chi connectivity index (χ0v) is 6.70. The SMILES string of the molecule is Nc1nc2c(c(=O)[nH]1)C(=O)CC=C2. The fraction of sp³-hybridized carbons (Fsp3) is 0.125. The highest BCUT2D eigenvalue weighted by atomic mass is 16.1. The van der Waals surface area contributed by atoms with Crippen LogP contribution in [-0.4, -0.2) is 15.8 Å². The van der Waals surface area contributed by atoms with E-state index in [-0.39, 0.29) is 23.7 Å². The van der Waals surface area contributed by atoms with E-state index in [4.69, 9.17) is 5.73 Å². The molecule has 0 bridgehead atoms. The van der Waals surface area contributed by atoms with Crippen molar-refractivity contribution in [3.8, 4) is 0 Å². The Balaban J connectivity index is 2.79. The predicted octanol–water partition coefficient (Wildman–Crippen LogP) is -0.0483. The molecule has 2 rings (SSSR count). The van der Waals surface area contributed by atoms with E-state index in [1.165, 1.54) is 0 Å². The van der Waals surface area contributed by atoms with Crippen LogP contribution >= 0.6 is 0 Å². The van der Waals surface area contributed by atoms with Gasteiger partial charge in [0, 0.05) is 6.42 Å². The molecule has 0 saturated heterocycles. The molecule has 5 nitrogen and oxygen atoms in total. The second-order valence-electron chi connectivity index (χ2n) is 2.74. The summed E-state index contributed by atoms with van der Waals surface area (Å²) in [5, 5.41) is 0. The largest absolute Gasteiger partial charge is 0.369 e. The molecule has 0 radical (unpaired) electrons. The first kappa shape index (κ1) is 7.72. The number of anilines is 1. The van der Waals surface area contributed by atoms with E-state index >= 15 is 0 Å². The molecule has 66 valence electrons. The van der Waals surface area contributed by atoms with Crippen molar-refractivity contribution in [2.45, 2.75) is 6.42 Å². The number of aromatic nitrogens is 2. The Kier molecular flexibility index (Phi) is 1.51. The van der Waals surface area contributed by atoms with Crippen molar-refractivity contribution in [1.29, 1.82) is 0 Å². The van der Waals surface area contributed by atoms with Crippen LogP contribution in [0.1, 0.15) is 22.5 Å². The van der Waals surface area contributed by atoms with Gasteiger partial charge in [-0.05, 0) is 6.08 Å². The van der Waals surface area contributed by atoms with Gasteiger partial charge in [-0.3, -0.25) is 14.6 Å². The second kappa shape index (κ2) is 2.55. The standard InChI is InChI=1S/C8H7N3O2/c9-8-10-4-2-1-3-5(12)6(4)7(13)11-8/h1-2H,3H2,(H3,9,10,11,13).